The van der Waals surface area contributed by atoms with Crippen molar-refractivity contribution in [1.29, 1.82) is 5.26 Å². The van der Waals surface area contributed by atoms with Crippen LogP contribution in [-0.4, -0.2) is 15.9 Å². The molecule has 1 heterocycles. The maximum atomic E-state index is 13.2. The lowest BCUT2D eigenvalue weighted by Crippen LogP contribution is -2.33. The molecule has 193 valence electrons. The number of benzene rings is 2. The van der Waals surface area contributed by atoms with Crippen molar-refractivity contribution in [3.63, 3.8) is 0 Å². The Morgan fingerprint density at radius 2 is 0.833 bits per heavy atom. The summed E-state index contributed by atoms with van der Waals surface area (Å²) in [6.07, 6.45) is -24.8. The van der Waals surface area contributed by atoms with E-state index >= 15 is 0 Å². The molecule has 2 unspecified atom stereocenters. The summed E-state index contributed by atoms with van der Waals surface area (Å²) in [4.78, 5) is 0. The largest absolute Gasteiger partial charge is 0.669 e. The minimum absolute atomic E-state index is 0.184. The molecular weight excluding hydrogens is 541 g/mol. The topological polar surface area (TPSA) is 42.2 Å². The standard InChI is InChI=1S/C20H9F12NO2.Al/c21-17(22,23)10-1-8(2-11(5-10)18(24,25)26)15(34)14(7-33)16(35)9-3-12(19(27,28)29)6-13(4-9)20(30,31)32;/h1-6,14-16H;/q-2;+2. The lowest BCUT2D eigenvalue weighted by atomic mass is 9.86. The van der Waals surface area contributed by atoms with E-state index in [0.29, 0.717) is 0 Å². The molecule has 1 fully saturated rings. The molecule has 0 saturated carbocycles. The van der Waals surface area contributed by atoms with Crippen LogP contribution in [0.4, 0.5) is 52.7 Å². The van der Waals surface area contributed by atoms with Gasteiger partial charge in [-0.3, -0.25) is 0 Å². The van der Waals surface area contributed by atoms with Gasteiger partial charge in [0.25, 0.3) is 0 Å². The van der Waals surface area contributed by atoms with Gasteiger partial charge < -0.3 is 7.58 Å². The summed E-state index contributed by atoms with van der Waals surface area (Å²) in [7, 11) is 0. The van der Waals surface area contributed by atoms with E-state index in [1.54, 1.807) is 0 Å². The van der Waals surface area contributed by atoms with Crippen molar-refractivity contribution in [2.75, 3.05) is 0 Å². The molecule has 2 aromatic carbocycles. The second-order valence-electron chi connectivity index (χ2n) is 7.54. The van der Waals surface area contributed by atoms with Crippen molar-refractivity contribution in [3.8, 4) is 6.07 Å². The van der Waals surface area contributed by atoms with Crippen molar-refractivity contribution in [1.82, 2.24) is 0 Å². The third-order valence-corrected chi connectivity index (χ3v) is 5.89. The number of rotatable bonds is 2. The fourth-order valence-electron chi connectivity index (χ4n) is 3.47. The molecule has 16 heteroatoms. The van der Waals surface area contributed by atoms with Crippen LogP contribution in [0.1, 0.15) is 45.6 Å². The molecule has 0 N–H and O–H groups in total. The molecule has 0 bridgehead atoms. The van der Waals surface area contributed by atoms with E-state index in [-0.39, 0.29) is 36.4 Å². The number of hydrogen-bond donors (Lipinski definition) is 0. The van der Waals surface area contributed by atoms with Crippen LogP contribution >= 0.6 is 0 Å². The highest BCUT2D eigenvalue weighted by molar-refractivity contribution is 6.18. The number of nitrogens with zero attached hydrogens (tertiary/aromatic N) is 1. The first-order valence-electron chi connectivity index (χ1n) is 9.43. The van der Waals surface area contributed by atoms with Gasteiger partial charge in [0.1, 0.15) is 5.92 Å². The second kappa shape index (κ2) is 9.45. The van der Waals surface area contributed by atoms with Crippen molar-refractivity contribution < 1.29 is 60.3 Å². The van der Waals surface area contributed by atoms with E-state index in [2.05, 4.69) is 0 Å². The normalized spacial score (nSPS) is 21.6. The minimum atomic E-state index is -5.25. The van der Waals surface area contributed by atoms with Gasteiger partial charge in [-0.15, -0.1) is 0 Å². The Hall–Kier alpha value is -2.46. The van der Waals surface area contributed by atoms with Gasteiger partial charge in [0, 0.05) is 0 Å². The number of nitriles is 1. The fourth-order valence-corrected chi connectivity index (χ4v) is 4.43. The Kier molecular flexibility index (Phi) is 7.38. The first-order valence-corrected chi connectivity index (χ1v) is 10.4. The molecule has 3 rings (SSSR count). The Bertz CT molecular complexity index is 1020. The molecule has 2 atom stereocenters. The van der Waals surface area contributed by atoms with Gasteiger partial charge in [-0.2, -0.15) is 57.9 Å². The van der Waals surface area contributed by atoms with Gasteiger partial charge in [0.05, 0.1) is 40.5 Å². The molecule has 1 aliphatic rings. The minimum Gasteiger partial charge on any atom is -0.477 e. The van der Waals surface area contributed by atoms with Gasteiger partial charge in [-0.1, -0.05) is 0 Å². The molecule has 3 nitrogen and oxygen atoms in total. The maximum Gasteiger partial charge on any atom is 0.669 e. The van der Waals surface area contributed by atoms with Crippen molar-refractivity contribution in [2.24, 2.45) is 5.92 Å². The molecule has 0 aromatic heterocycles. The highest BCUT2D eigenvalue weighted by Gasteiger charge is 2.44. The quantitative estimate of drug-likeness (QED) is 0.292. The number of halogens is 12. The summed E-state index contributed by atoms with van der Waals surface area (Å²) >= 11 is -1.81. The van der Waals surface area contributed by atoms with E-state index < -0.39 is 92.1 Å². The molecule has 1 aliphatic heterocycles. The van der Waals surface area contributed by atoms with E-state index in [1.165, 1.54) is 6.07 Å². The van der Waals surface area contributed by atoms with Gasteiger partial charge in [0.15, 0.2) is 0 Å². The maximum absolute atomic E-state index is 13.2. The Morgan fingerprint density at radius 1 is 0.556 bits per heavy atom. The summed E-state index contributed by atoms with van der Waals surface area (Å²) in [5, 5.41) is 9.58. The predicted octanol–water partition coefficient (Wildman–Crippen LogP) is 7.26. The average molecular weight is 550 g/mol. The van der Waals surface area contributed by atoms with Gasteiger partial charge in [0.2, 0.25) is 0 Å². The van der Waals surface area contributed by atoms with E-state index in [4.69, 9.17) is 7.58 Å². The molecule has 0 aliphatic carbocycles. The summed E-state index contributed by atoms with van der Waals surface area (Å²) in [6.45, 7) is 0. The predicted molar refractivity (Wildman–Crippen MR) is 95.4 cm³/mol. The molecule has 0 spiro atoms. The molecule has 1 radical (unpaired) electrons. The average Bonchev–Trinajstić information content (AvgIpc) is 2.75. The van der Waals surface area contributed by atoms with E-state index in [0.717, 1.165) is 0 Å². The zero-order valence-corrected chi connectivity index (χ0v) is 18.2. The molecule has 2 aromatic rings. The van der Waals surface area contributed by atoms with Crippen LogP contribution in [0.5, 0.6) is 0 Å². The summed E-state index contributed by atoms with van der Waals surface area (Å²) < 4.78 is 169. The Labute approximate surface area is 200 Å². The van der Waals surface area contributed by atoms with Crippen molar-refractivity contribution >= 4 is 15.9 Å². The first kappa shape index (κ1) is 28.1. The summed E-state index contributed by atoms with van der Waals surface area (Å²) in [5.41, 5.74) is -8.58. The lowest BCUT2D eigenvalue weighted by Gasteiger charge is -2.36. The highest BCUT2D eigenvalue weighted by atomic mass is 27.2. The van der Waals surface area contributed by atoms with Crippen LogP contribution in [0.2, 0.25) is 0 Å². The van der Waals surface area contributed by atoms with E-state index in [1.807, 2.05) is 0 Å². The number of alkyl halides is 12. The van der Waals surface area contributed by atoms with Crippen LogP contribution in [0.15, 0.2) is 36.4 Å². The van der Waals surface area contributed by atoms with Crippen LogP contribution < -0.4 is 0 Å². The Morgan fingerprint density at radius 3 is 1.06 bits per heavy atom. The van der Waals surface area contributed by atoms with Gasteiger partial charge in [-0.05, 0) is 47.5 Å². The van der Waals surface area contributed by atoms with Crippen LogP contribution in [0, 0.1) is 17.2 Å². The smallest absolute Gasteiger partial charge is 0.477 e. The second-order valence-corrected chi connectivity index (χ2v) is 8.28. The van der Waals surface area contributed by atoms with E-state index in [9.17, 15) is 57.9 Å². The zero-order chi connectivity index (χ0) is 27.3. The summed E-state index contributed by atoms with van der Waals surface area (Å²) in [5.74, 6) is -1.90. The van der Waals surface area contributed by atoms with Crippen molar-refractivity contribution in [3.05, 3.63) is 69.8 Å². The molecule has 0 amide bonds. The SMILES string of the molecule is N#CC1C(c2cc(C(F)(F)F)cc(C(F)(F)F)c2)[O][Al][O]C1c1cc(C(F)(F)F)cc(C(F)(F)F)c1. The van der Waals surface area contributed by atoms with Crippen LogP contribution in [0.3, 0.4) is 0 Å². The Balaban J connectivity index is 2.15. The molecule has 36 heavy (non-hydrogen) atoms. The van der Waals surface area contributed by atoms with Gasteiger partial charge >= 0.3 is 40.6 Å². The third kappa shape index (κ3) is 6.08. The van der Waals surface area contributed by atoms with Gasteiger partial charge in [-0.25, -0.2) is 0 Å². The third-order valence-electron chi connectivity index (χ3n) is 5.08. The molecular formula is C20H9AlF12NO2. The number of hydrogen-bond acceptors (Lipinski definition) is 3. The molecule has 1 saturated heterocycles. The summed E-state index contributed by atoms with van der Waals surface area (Å²) in [6, 6.07) is 2.16. The highest BCUT2D eigenvalue weighted by Crippen LogP contribution is 2.46. The lowest BCUT2D eigenvalue weighted by molar-refractivity contribution is -0.144. The zero-order valence-electron chi connectivity index (χ0n) is 17.1. The monoisotopic (exact) mass is 550 g/mol. The van der Waals surface area contributed by atoms with Crippen LogP contribution in [0.25, 0.3) is 0 Å². The van der Waals surface area contributed by atoms with Crippen molar-refractivity contribution in [2.45, 2.75) is 36.9 Å². The van der Waals surface area contributed by atoms with Crippen LogP contribution in [-0.2, 0) is 32.3 Å². The first-order chi connectivity index (χ1) is 16.3. The fraction of sp³-hybridized carbons (Fsp3) is 0.350.